The Morgan fingerprint density at radius 3 is 2.61 bits per heavy atom. The third-order valence-electron chi connectivity index (χ3n) is 4.60. The van der Waals surface area contributed by atoms with Crippen LogP contribution in [0.5, 0.6) is 5.75 Å². The summed E-state index contributed by atoms with van der Waals surface area (Å²) in [5.74, 6) is 0.523. The third kappa shape index (κ3) is 4.39. The lowest BCUT2D eigenvalue weighted by atomic mass is 10.1. The molecule has 3 aromatic rings. The number of nitrogens with one attached hydrogen (secondary N) is 1. The second-order valence-electron chi connectivity index (χ2n) is 6.61. The molecule has 1 aromatic heterocycles. The van der Waals surface area contributed by atoms with E-state index < -0.39 is 6.04 Å². The normalized spacial score (nSPS) is 11.9. The summed E-state index contributed by atoms with van der Waals surface area (Å²) in [5.41, 5.74) is 1.07. The first-order valence-corrected chi connectivity index (χ1v) is 9.63. The van der Waals surface area contributed by atoms with E-state index in [9.17, 15) is 9.59 Å². The standard InChI is InChI=1S/C22H25N3O3/c1-3-5-14-28-17-12-10-16(11-13-17)24-21(26)20(4-2)25-15-23-19-9-7-6-8-18(19)22(25)27/h6-13,15,20H,3-5,14H2,1-2H3,(H,24,26). The number of hydrogen-bond donors (Lipinski definition) is 1. The van der Waals surface area contributed by atoms with Crippen molar-refractivity contribution in [1.82, 2.24) is 9.55 Å². The predicted molar refractivity (Wildman–Crippen MR) is 111 cm³/mol. The zero-order valence-corrected chi connectivity index (χ0v) is 16.2. The highest BCUT2D eigenvalue weighted by Crippen LogP contribution is 2.19. The Morgan fingerprint density at radius 1 is 1.14 bits per heavy atom. The lowest BCUT2D eigenvalue weighted by molar-refractivity contribution is -0.119. The quantitative estimate of drug-likeness (QED) is 0.596. The molecular weight excluding hydrogens is 354 g/mol. The van der Waals surface area contributed by atoms with Gasteiger partial charge in [-0.3, -0.25) is 14.2 Å². The van der Waals surface area contributed by atoms with Crippen LogP contribution < -0.4 is 15.6 Å². The monoisotopic (exact) mass is 379 g/mol. The largest absolute Gasteiger partial charge is 0.494 e. The zero-order chi connectivity index (χ0) is 19.9. The number of rotatable bonds is 8. The first-order chi connectivity index (χ1) is 13.6. The molecule has 0 fully saturated rings. The molecule has 0 radical (unpaired) electrons. The number of carbonyl (C=O) groups excluding carboxylic acids is 1. The van der Waals surface area contributed by atoms with Crippen molar-refractivity contribution in [1.29, 1.82) is 0 Å². The van der Waals surface area contributed by atoms with Gasteiger partial charge in [0, 0.05) is 5.69 Å². The fraction of sp³-hybridized carbons (Fsp3) is 0.318. The molecule has 0 aliphatic heterocycles. The molecule has 1 unspecified atom stereocenters. The molecule has 6 heteroatoms. The van der Waals surface area contributed by atoms with E-state index in [-0.39, 0.29) is 11.5 Å². The van der Waals surface area contributed by atoms with Crippen LogP contribution in [0, 0.1) is 0 Å². The van der Waals surface area contributed by atoms with Crippen molar-refractivity contribution in [2.24, 2.45) is 0 Å². The van der Waals surface area contributed by atoms with E-state index in [1.165, 1.54) is 10.9 Å². The van der Waals surface area contributed by atoms with Gasteiger partial charge >= 0.3 is 0 Å². The summed E-state index contributed by atoms with van der Waals surface area (Å²) in [5, 5.41) is 3.38. The second-order valence-corrected chi connectivity index (χ2v) is 6.61. The van der Waals surface area contributed by atoms with Gasteiger partial charge in [0.05, 0.1) is 23.8 Å². The first kappa shape index (κ1) is 19.6. The highest BCUT2D eigenvalue weighted by molar-refractivity contribution is 5.94. The van der Waals surface area contributed by atoms with Gasteiger partial charge in [0.1, 0.15) is 11.8 Å². The van der Waals surface area contributed by atoms with E-state index in [4.69, 9.17) is 4.74 Å². The lowest BCUT2D eigenvalue weighted by Crippen LogP contribution is -2.33. The van der Waals surface area contributed by atoms with Crippen LogP contribution in [-0.2, 0) is 4.79 Å². The van der Waals surface area contributed by atoms with Gasteiger partial charge < -0.3 is 10.1 Å². The minimum Gasteiger partial charge on any atom is -0.494 e. The Kier molecular flexibility index (Phi) is 6.42. The molecule has 0 bridgehead atoms. The van der Waals surface area contributed by atoms with Gasteiger partial charge in [-0.15, -0.1) is 0 Å². The maximum absolute atomic E-state index is 12.8. The molecular formula is C22H25N3O3. The Balaban J connectivity index is 1.75. The molecule has 3 rings (SSSR count). The van der Waals surface area contributed by atoms with E-state index in [1.807, 2.05) is 25.1 Å². The zero-order valence-electron chi connectivity index (χ0n) is 16.2. The molecule has 0 aliphatic rings. The molecule has 1 heterocycles. The number of carbonyl (C=O) groups is 1. The summed E-state index contributed by atoms with van der Waals surface area (Å²) in [4.78, 5) is 29.9. The molecule has 0 saturated heterocycles. The van der Waals surface area contributed by atoms with E-state index in [0.29, 0.717) is 29.6 Å². The summed E-state index contributed by atoms with van der Waals surface area (Å²) in [6, 6.07) is 13.8. The summed E-state index contributed by atoms with van der Waals surface area (Å²) in [6.07, 6.45) is 4.01. The molecule has 0 spiro atoms. The van der Waals surface area contributed by atoms with Gasteiger partial charge in [-0.05, 0) is 49.2 Å². The topological polar surface area (TPSA) is 73.2 Å². The fourth-order valence-electron chi connectivity index (χ4n) is 3.01. The van der Waals surface area contributed by atoms with Gasteiger partial charge in [-0.2, -0.15) is 0 Å². The van der Waals surface area contributed by atoms with E-state index in [2.05, 4.69) is 17.2 Å². The van der Waals surface area contributed by atoms with Crippen molar-refractivity contribution in [3.8, 4) is 5.75 Å². The van der Waals surface area contributed by atoms with Crippen molar-refractivity contribution in [3.05, 3.63) is 65.2 Å². The molecule has 1 atom stereocenters. The van der Waals surface area contributed by atoms with Crippen LogP contribution in [0.3, 0.4) is 0 Å². The molecule has 2 aromatic carbocycles. The van der Waals surface area contributed by atoms with Gasteiger partial charge in [0.15, 0.2) is 0 Å². The molecule has 6 nitrogen and oxygen atoms in total. The summed E-state index contributed by atoms with van der Waals surface area (Å²) >= 11 is 0. The van der Waals surface area contributed by atoms with Crippen molar-refractivity contribution in [2.75, 3.05) is 11.9 Å². The number of anilines is 1. The number of aromatic nitrogens is 2. The van der Waals surface area contributed by atoms with Crippen LogP contribution in [-0.4, -0.2) is 22.1 Å². The second kappa shape index (κ2) is 9.17. The van der Waals surface area contributed by atoms with Crippen LogP contribution in [0.1, 0.15) is 39.2 Å². The Hall–Kier alpha value is -3.15. The Labute approximate surface area is 164 Å². The van der Waals surface area contributed by atoms with E-state index in [1.54, 1.807) is 30.3 Å². The van der Waals surface area contributed by atoms with Gasteiger partial charge in [0.2, 0.25) is 5.91 Å². The molecule has 28 heavy (non-hydrogen) atoms. The summed E-state index contributed by atoms with van der Waals surface area (Å²) in [6.45, 7) is 4.66. The highest BCUT2D eigenvalue weighted by atomic mass is 16.5. The SMILES string of the molecule is CCCCOc1ccc(NC(=O)C(CC)n2cnc3ccccc3c2=O)cc1. The van der Waals surface area contributed by atoms with Gasteiger partial charge in [0.25, 0.3) is 5.56 Å². The predicted octanol–water partition coefficient (Wildman–Crippen LogP) is 4.17. The maximum Gasteiger partial charge on any atom is 0.261 e. The number of fused-ring (bicyclic) bond motifs is 1. The minimum atomic E-state index is -0.634. The van der Waals surface area contributed by atoms with Crippen molar-refractivity contribution >= 4 is 22.5 Å². The molecule has 146 valence electrons. The number of benzene rings is 2. The van der Waals surface area contributed by atoms with Crippen LogP contribution in [0.4, 0.5) is 5.69 Å². The number of hydrogen-bond acceptors (Lipinski definition) is 4. The highest BCUT2D eigenvalue weighted by Gasteiger charge is 2.21. The van der Waals surface area contributed by atoms with Crippen LogP contribution in [0.15, 0.2) is 59.7 Å². The average molecular weight is 379 g/mol. The van der Waals surface area contributed by atoms with Crippen molar-refractivity contribution in [2.45, 2.75) is 39.2 Å². The van der Waals surface area contributed by atoms with Crippen LogP contribution in [0.25, 0.3) is 10.9 Å². The van der Waals surface area contributed by atoms with Crippen molar-refractivity contribution in [3.63, 3.8) is 0 Å². The number of unbranched alkanes of at least 4 members (excludes halogenated alkanes) is 1. The van der Waals surface area contributed by atoms with Gasteiger partial charge in [-0.25, -0.2) is 4.98 Å². The third-order valence-corrected chi connectivity index (χ3v) is 4.60. The van der Waals surface area contributed by atoms with Crippen molar-refractivity contribution < 1.29 is 9.53 Å². The summed E-state index contributed by atoms with van der Waals surface area (Å²) < 4.78 is 7.04. The average Bonchev–Trinajstić information content (AvgIpc) is 2.72. The van der Waals surface area contributed by atoms with Crippen LogP contribution >= 0.6 is 0 Å². The number of ether oxygens (including phenoxy) is 1. The van der Waals surface area contributed by atoms with E-state index >= 15 is 0 Å². The van der Waals surface area contributed by atoms with E-state index in [0.717, 1.165) is 18.6 Å². The maximum atomic E-state index is 12.8. The number of nitrogens with zero attached hydrogens (tertiary/aromatic N) is 2. The molecule has 1 N–H and O–H groups in total. The number of para-hydroxylation sites is 1. The van der Waals surface area contributed by atoms with Crippen LogP contribution in [0.2, 0.25) is 0 Å². The fourth-order valence-corrected chi connectivity index (χ4v) is 3.01. The first-order valence-electron chi connectivity index (χ1n) is 9.63. The molecule has 0 aliphatic carbocycles. The molecule has 1 amide bonds. The minimum absolute atomic E-state index is 0.215. The summed E-state index contributed by atoms with van der Waals surface area (Å²) in [7, 11) is 0. The Morgan fingerprint density at radius 2 is 1.89 bits per heavy atom. The molecule has 0 saturated carbocycles. The lowest BCUT2D eigenvalue weighted by Gasteiger charge is -2.18. The smallest absolute Gasteiger partial charge is 0.261 e. The van der Waals surface area contributed by atoms with Gasteiger partial charge in [-0.1, -0.05) is 32.4 Å². The number of amides is 1. The Bertz CT molecular complexity index is 996.